The van der Waals surface area contributed by atoms with Gasteiger partial charge in [-0.3, -0.25) is 0 Å². The number of aromatic nitrogens is 2. The zero-order chi connectivity index (χ0) is 11.4. The van der Waals surface area contributed by atoms with Gasteiger partial charge in [0.25, 0.3) is 0 Å². The minimum absolute atomic E-state index is 0.451. The molecule has 0 aliphatic heterocycles. The van der Waals surface area contributed by atoms with Crippen LogP contribution in [-0.2, 0) is 6.42 Å². The summed E-state index contributed by atoms with van der Waals surface area (Å²) in [7, 11) is 0. The van der Waals surface area contributed by atoms with Crippen LogP contribution in [0.15, 0.2) is 29.9 Å². The third-order valence-corrected chi connectivity index (χ3v) is 3.40. The molecule has 0 atom stereocenters. The van der Waals surface area contributed by atoms with Crippen LogP contribution in [0.1, 0.15) is 24.8 Å². The van der Waals surface area contributed by atoms with Gasteiger partial charge in [-0.1, -0.05) is 6.07 Å². The molecule has 0 radical (unpaired) electrons. The molecule has 16 heavy (non-hydrogen) atoms. The van der Waals surface area contributed by atoms with Crippen molar-refractivity contribution in [1.82, 2.24) is 9.55 Å². The van der Waals surface area contributed by atoms with Crippen LogP contribution in [0.3, 0.4) is 0 Å². The van der Waals surface area contributed by atoms with Crippen molar-refractivity contribution in [3.63, 3.8) is 0 Å². The summed E-state index contributed by atoms with van der Waals surface area (Å²) in [6.07, 6.45) is 4.91. The second-order valence-corrected chi connectivity index (χ2v) is 5.04. The molecular formula is C12H17N3S. The summed E-state index contributed by atoms with van der Waals surface area (Å²) in [4.78, 5) is 5.72. The lowest BCUT2D eigenvalue weighted by Crippen LogP contribution is -2.11. The highest BCUT2D eigenvalue weighted by Gasteiger charge is 2.04. The van der Waals surface area contributed by atoms with E-state index in [9.17, 15) is 0 Å². The Balaban J connectivity index is 1.87. The van der Waals surface area contributed by atoms with Crippen LogP contribution < -0.4 is 5.32 Å². The van der Waals surface area contributed by atoms with Crippen molar-refractivity contribution in [2.75, 3.05) is 11.9 Å². The van der Waals surface area contributed by atoms with Gasteiger partial charge in [-0.15, -0.1) is 11.3 Å². The van der Waals surface area contributed by atoms with Gasteiger partial charge < -0.3 is 9.88 Å². The van der Waals surface area contributed by atoms with Crippen molar-refractivity contribution in [3.05, 3.63) is 34.8 Å². The van der Waals surface area contributed by atoms with Gasteiger partial charge in [0.05, 0.1) is 0 Å². The molecule has 2 rings (SSSR count). The van der Waals surface area contributed by atoms with E-state index < -0.39 is 0 Å². The summed E-state index contributed by atoms with van der Waals surface area (Å²) in [5.41, 5.74) is 0. The fraction of sp³-hybridized carbons (Fsp3) is 0.417. The zero-order valence-electron chi connectivity index (χ0n) is 9.68. The summed E-state index contributed by atoms with van der Waals surface area (Å²) in [5, 5.41) is 5.49. The number of imidazole rings is 1. The summed E-state index contributed by atoms with van der Waals surface area (Å²) in [6, 6.07) is 4.71. The van der Waals surface area contributed by atoms with Gasteiger partial charge in [0.1, 0.15) is 0 Å². The molecule has 2 aromatic rings. The van der Waals surface area contributed by atoms with E-state index in [-0.39, 0.29) is 0 Å². The number of hydrogen-bond donors (Lipinski definition) is 1. The van der Waals surface area contributed by atoms with E-state index >= 15 is 0 Å². The Labute approximate surface area is 100 Å². The van der Waals surface area contributed by atoms with Crippen molar-refractivity contribution >= 4 is 17.3 Å². The first-order chi connectivity index (χ1) is 7.77. The number of nitrogens with one attached hydrogen (secondary N) is 1. The standard InChI is InChI=1S/C12H17N3S/c1-10(2)15-8-7-14-12(15)13-6-5-11-4-3-9-16-11/h3-4,7-10H,5-6H2,1-2H3,(H,13,14). The van der Waals surface area contributed by atoms with E-state index in [1.165, 1.54) is 4.88 Å². The minimum Gasteiger partial charge on any atom is -0.355 e. The van der Waals surface area contributed by atoms with Crippen molar-refractivity contribution in [1.29, 1.82) is 0 Å². The molecule has 0 saturated carbocycles. The summed E-state index contributed by atoms with van der Waals surface area (Å²) in [6.45, 7) is 5.25. The first-order valence-corrected chi connectivity index (χ1v) is 6.44. The lowest BCUT2D eigenvalue weighted by atomic mass is 10.3. The number of rotatable bonds is 5. The van der Waals surface area contributed by atoms with Crippen molar-refractivity contribution in [2.24, 2.45) is 0 Å². The molecule has 0 amide bonds. The maximum absolute atomic E-state index is 4.31. The minimum atomic E-state index is 0.451. The molecule has 86 valence electrons. The van der Waals surface area contributed by atoms with Crippen molar-refractivity contribution in [2.45, 2.75) is 26.3 Å². The normalized spacial score (nSPS) is 10.9. The van der Waals surface area contributed by atoms with Gasteiger partial charge >= 0.3 is 0 Å². The Bertz CT molecular complexity index is 417. The fourth-order valence-electron chi connectivity index (χ4n) is 1.62. The molecule has 0 fully saturated rings. The molecule has 0 aromatic carbocycles. The molecule has 0 unspecified atom stereocenters. The molecule has 0 aliphatic rings. The van der Waals surface area contributed by atoms with Crippen LogP contribution in [-0.4, -0.2) is 16.1 Å². The third-order valence-electron chi connectivity index (χ3n) is 2.46. The SMILES string of the molecule is CC(C)n1ccnc1NCCc1cccs1. The van der Waals surface area contributed by atoms with Crippen molar-refractivity contribution < 1.29 is 0 Å². The molecule has 4 heteroatoms. The highest BCUT2D eigenvalue weighted by molar-refractivity contribution is 7.09. The molecular weight excluding hydrogens is 218 g/mol. The summed E-state index contributed by atoms with van der Waals surface area (Å²) in [5.74, 6) is 0.964. The second-order valence-electron chi connectivity index (χ2n) is 4.01. The van der Waals surface area contributed by atoms with Crippen LogP contribution in [0.4, 0.5) is 5.95 Å². The quantitative estimate of drug-likeness (QED) is 0.862. The van der Waals surface area contributed by atoms with Crippen LogP contribution in [0, 0.1) is 0 Å². The van der Waals surface area contributed by atoms with Gasteiger partial charge in [-0.05, 0) is 31.7 Å². The first kappa shape index (κ1) is 11.2. The molecule has 1 N–H and O–H groups in total. The van der Waals surface area contributed by atoms with Crippen molar-refractivity contribution in [3.8, 4) is 0 Å². The van der Waals surface area contributed by atoms with E-state index in [0.29, 0.717) is 6.04 Å². The molecule has 0 bridgehead atoms. The van der Waals surface area contributed by atoms with E-state index in [0.717, 1.165) is 18.9 Å². The smallest absolute Gasteiger partial charge is 0.203 e. The number of nitrogens with zero attached hydrogens (tertiary/aromatic N) is 2. The second kappa shape index (κ2) is 5.16. The van der Waals surface area contributed by atoms with Gasteiger partial charge in [-0.2, -0.15) is 0 Å². The van der Waals surface area contributed by atoms with Crippen LogP contribution in [0.2, 0.25) is 0 Å². The zero-order valence-corrected chi connectivity index (χ0v) is 10.5. The van der Waals surface area contributed by atoms with Gasteiger partial charge in [0.15, 0.2) is 0 Å². The van der Waals surface area contributed by atoms with E-state index in [4.69, 9.17) is 0 Å². The Morgan fingerprint density at radius 3 is 3.06 bits per heavy atom. The van der Waals surface area contributed by atoms with Crippen LogP contribution in [0.25, 0.3) is 0 Å². The number of hydrogen-bond acceptors (Lipinski definition) is 3. The highest BCUT2D eigenvalue weighted by atomic mass is 32.1. The topological polar surface area (TPSA) is 29.9 Å². The van der Waals surface area contributed by atoms with E-state index in [1.54, 1.807) is 11.3 Å². The monoisotopic (exact) mass is 235 g/mol. The maximum Gasteiger partial charge on any atom is 0.203 e. The lowest BCUT2D eigenvalue weighted by molar-refractivity contribution is 0.605. The Morgan fingerprint density at radius 2 is 2.38 bits per heavy atom. The van der Waals surface area contributed by atoms with E-state index in [1.807, 2.05) is 12.4 Å². The summed E-state index contributed by atoms with van der Waals surface area (Å²) < 4.78 is 2.15. The Hall–Kier alpha value is -1.29. The van der Waals surface area contributed by atoms with Crippen LogP contribution in [0.5, 0.6) is 0 Å². The fourth-order valence-corrected chi connectivity index (χ4v) is 2.33. The Kier molecular flexibility index (Phi) is 3.62. The first-order valence-electron chi connectivity index (χ1n) is 5.56. The van der Waals surface area contributed by atoms with Crippen LogP contribution >= 0.6 is 11.3 Å². The molecule has 0 saturated heterocycles. The lowest BCUT2D eigenvalue weighted by Gasteiger charge is -2.12. The predicted octanol–water partition coefficient (Wildman–Crippen LogP) is 3.18. The highest BCUT2D eigenvalue weighted by Crippen LogP contribution is 2.13. The average molecular weight is 235 g/mol. The van der Waals surface area contributed by atoms with Gasteiger partial charge in [0, 0.05) is 29.9 Å². The largest absolute Gasteiger partial charge is 0.355 e. The molecule has 2 aromatic heterocycles. The Morgan fingerprint density at radius 1 is 1.50 bits per heavy atom. The number of thiophene rings is 1. The van der Waals surface area contributed by atoms with Gasteiger partial charge in [0.2, 0.25) is 5.95 Å². The molecule has 0 aliphatic carbocycles. The molecule has 0 spiro atoms. The third kappa shape index (κ3) is 2.64. The molecule has 3 nitrogen and oxygen atoms in total. The molecule has 2 heterocycles. The average Bonchev–Trinajstić information content (AvgIpc) is 2.87. The maximum atomic E-state index is 4.31. The van der Waals surface area contributed by atoms with E-state index in [2.05, 4.69) is 46.2 Å². The number of anilines is 1. The van der Waals surface area contributed by atoms with Gasteiger partial charge in [-0.25, -0.2) is 4.98 Å². The summed E-state index contributed by atoms with van der Waals surface area (Å²) >= 11 is 1.80. The predicted molar refractivity (Wildman–Crippen MR) is 69.1 cm³/mol.